The number of hydrogen-bond acceptors (Lipinski definition) is 5. The smallest absolute Gasteiger partial charge is 0.258 e. The number of halogens is 1. The Kier molecular flexibility index (Phi) is 2.49. The van der Waals surface area contributed by atoms with Crippen LogP contribution in [0, 0.1) is 10.1 Å². The zero-order chi connectivity index (χ0) is 11.0. The van der Waals surface area contributed by atoms with Crippen molar-refractivity contribution >= 4 is 34.7 Å². The van der Waals surface area contributed by atoms with Crippen molar-refractivity contribution in [2.24, 2.45) is 0 Å². The first kappa shape index (κ1) is 10.2. The number of nitro groups is 1. The van der Waals surface area contributed by atoms with Crippen molar-refractivity contribution in [2.75, 3.05) is 6.26 Å². The van der Waals surface area contributed by atoms with Crippen LogP contribution >= 0.6 is 23.4 Å². The van der Waals surface area contributed by atoms with Gasteiger partial charge >= 0.3 is 5.69 Å². The molecular weight excluding hydrogens is 240 g/mol. The van der Waals surface area contributed by atoms with E-state index in [1.54, 1.807) is 12.3 Å². The van der Waals surface area contributed by atoms with Crippen molar-refractivity contribution in [1.29, 1.82) is 0 Å². The summed E-state index contributed by atoms with van der Waals surface area (Å²) in [5.74, 6) is 0. The first-order valence-corrected chi connectivity index (χ1v) is 5.47. The molecule has 6 nitrogen and oxygen atoms in total. The molecule has 0 amide bonds. The molecule has 0 saturated carbocycles. The van der Waals surface area contributed by atoms with Gasteiger partial charge in [-0.1, -0.05) is 11.6 Å². The lowest BCUT2D eigenvalue weighted by molar-refractivity contribution is -0.388. The lowest BCUT2D eigenvalue weighted by atomic mass is 10.5. The molecule has 0 N–H and O–H groups in total. The molecule has 8 heteroatoms. The molecule has 0 radical (unpaired) electrons. The summed E-state index contributed by atoms with van der Waals surface area (Å²) in [6.07, 6.45) is 3.20. The van der Waals surface area contributed by atoms with Crippen molar-refractivity contribution in [1.82, 2.24) is 14.6 Å². The van der Waals surface area contributed by atoms with E-state index in [2.05, 4.69) is 10.1 Å². The second kappa shape index (κ2) is 3.67. The van der Waals surface area contributed by atoms with Crippen LogP contribution < -0.4 is 0 Å². The molecule has 0 aliphatic rings. The number of thioether (sulfide) groups is 1. The molecule has 15 heavy (non-hydrogen) atoms. The zero-order valence-electron chi connectivity index (χ0n) is 7.55. The van der Waals surface area contributed by atoms with Gasteiger partial charge in [-0.25, -0.2) is 4.98 Å². The van der Waals surface area contributed by atoms with E-state index in [-0.39, 0.29) is 15.9 Å². The van der Waals surface area contributed by atoms with Gasteiger partial charge in [-0.05, 0) is 6.26 Å². The average Bonchev–Trinajstić information content (AvgIpc) is 2.64. The highest BCUT2D eigenvalue weighted by Crippen LogP contribution is 2.32. The molecule has 0 spiro atoms. The predicted molar refractivity (Wildman–Crippen MR) is 56.4 cm³/mol. The maximum atomic E-state index is 10.8. The summed E-state index contributed by atoms with van der Waals surface area (Å²) in [7, 11) is 0. The number of fused-ring (bicyclic) bond motifs is 1. The van der Waals surface area contributed by atoms with Crippen LogP contribution in [0.3, 0.4) is 0 Å². The van der Waals surface area contributed by atoms with E-state index in [0.29, 0.717) is 5.65 Å². The molecular formula is C7H5ClN4O2S. The summed E-state index contributed by atoms with van der Waals surface area (Å²) >= 11 is 7.05. The van der Waals surface area contributed by atoms with Crippen LogP contribution in [0.25, 0.3) is 5.65 Å². The van der Waals surface area contributed by atoms with Gasteiger partial charge in [0.1, 0.15) is 0 Å². The number of nitrogens with zero attached hydrogens (tertiary/aromatic N) is 4. The normalized spacial score (nSPS) is 10.8. The lowest BCUT2D eigenvalue weighted by Gasteiger charge is -2.02. The Balaban J connectivity index is 2.85. The highest BCUT2D eigenvalue weighted by molar-refractivity contribution is 7.98. The van der Waals surface area contributed by atoms with E-state index in [0.717, 1.165) is 0 Å². The van der Waals surface area contributed by atoms with Gasteiger partial charge in [0.15, 0.2) is 10.7 Å². The molecule has 0 unspecified atom stereocenters. The van der Waals surface area contributed by atoms with Gasteiger partial charge in [-0.15, -0.1) is 11.8 Å². The Labute approximate surface area is 93.4 Å². The maximum absolute atomic E-state index is 10.8. The van der Waals surface area contributed by atoms with E-state index in [1.165, 1.54) is 22.5 Å². The highest BCUT2D eigenvalue weighted by atomic mass is 35.5. The summed E-state index contributed by atoms with van der Waals surface area (Å²) in [5.41, 5.74) is 0.287. The van der Waals surface area contributed by atoms with Crippen molar-refractivity contribution < 1.29 is 4.92 Å². The van der Waals surface area contributed by atoms with Gasteiger partial charge in [-0.3, -0.25) is 10.1 Å². The first-order valence-electron chi connectivity index (χ1n) is 3.86. The van der Waals surface area contributed by atoms with Crippen LogP contribution in [0.1, 0.15) is 0 Å². The standard InChI is InChI=1S/C7H5ClN4O2S/c1-15-7-5(12(13)14)6(8)11-4(10-7)2-3-9-11/h2-3H,1H3. The van der Waals surface area contributed by atoms with Crippen LogP contribution in [0.2, 0.25) is 5.15 Å². The molecule has 0 saturated heterocycles. The zero-order valence-corrected chi connectivity index (χ0v) is 9.12. The third-order valence-electron chi connectivity index (χ3n) is 1.80. The largest absolute Gasteiger partial charge is 0.338 e. The molecule has 2 aromatic heterocycles. The van der Waals surface area contributed by atoms with Gasteiger partial charge in [0.2, 0.25) is 5.15 Å². The number of hydrogen-bond donors (Lipinski definition) is 0. The fourth-order valence-corrected chi connectivity index (χ4v) is 2.07. The third-order valence-corrected chi connectivity index (χ3v) is 2.81. The van der Waals surface area contributed by atoms with Gasteiger partial charge in [0.05, 0.1) is 11.1 Å². The second-order valence-corrected chi connectivity index (χ2v) is 3.77. The van der Waals surface area contributed by atoms with Gasteiger partial charge in [-0.2, -0.15) is 9.61 Å². The van der Waals surface area contributed by atoms with Crippen molar-refractivity contribution in [3.8, 4) is 0 Å². The van der Waals surface area contributed by atoms with Crippen molar-refractivity contribution in [3.05, 3.63) is 27.5 Å². The fraction of sp³-hybridized carbons (Fsp3) is 0.143. The monoisotopic (exact) mass is 244 g/mol. The Bertz CT molecular complexity index is 541. The van der Waals surface area contributed by atoms with Crippen LogP contribution in [-0.4, -0.2) is 25.8 Å². The summed E-state index contributed by atoms with van der Waals surface area (Å²) in [5, 5.41) is 14.9. The molecule has 0 aromatic carbocycles. The molecule has 0 atom stereocenters. The first-order chi connectivity index (χ1) is 7.15. The quantitative estimate of drug-likeness (QED) is 0.350. The summed E-state index contributed by atoms with van der Waals surface area (Å²) in [4.78, 5) is 14.3. The predicted octanol–water partition coefficient (Wildman–Crippen LogP) is 2.01. The number of aromatic nitrogens is 3. The number of rotatable bonds is 2. The van der Waals surface area contributed by atoms with Crippen molar-refractivity contribution in [3.63, 3.8) is 0 Å². The molecule has 78 valence electrons. The van der Waals surface area contributed by atoms with E-state index in [4.69, 9.17) is 11.6 Å². The minimum Gasteiger partial charge on any atom is -0.258 e. The summed E-state index contributed by atoms with van der Waals surface area (Å²) in [6, 6.07) is 1.63. The van der Waals surface area contributed by atoms with E-state index in [9.17, 15) is 10.1 Å². The van der Waals surface area contributed by atoms with E-state index >= 15 is 0 Å². The molecule has 0 aliphatic carbocycles. The van der Waals surface area contributed by atoms with Crippen LogP contribution in [0.5, 0.6) is 0 Å². The minimum absolute atomic E-state index is 0.0284. The third kappa shape index (κ3) is 1.53. The van der Waals surface area contributed by atoms with Gasteiger partial charge in [0.25, 0.3) is 0 Å². The molecule has 0 fully saturated rings. The summed E-state index contributed by atoms with van der Waals surface area (Å²) in [6.45, 7) is 0. The molecule has 0 bridgehead atoms. The van der Waals surface area contributed by atoms with E-state index in [1.807, 2.05) is 0 Å². The lowest BCUT2D eigenvalue weighted by Crippen LogP contribution is -2.01. The molecule has 2 aromatic rings. The molecule has 0 aliphatic heterocycles. The van der Waals surface area contributed by atoms with Gasteiger partial charge < -0.3 is 0 Å². The Morgan fingerprint density at radius 2 is 2.40 bits per heavy atom. The fourth-order valence-electron chi connectivity index (χ4n) is 1.17. The van der Waals surface area contributed by atoms with Crippen LogP contribution in [0.4, 0.5) is 5.69 Å². The Morgan fingerprint density at radius 3 is 3.00 bits per heavy atom. The maximum Gasteiger partial charge on any atom is 0.338 e. The Hall–Kier alpha value is -1.34. The van der Waals surface area contributed by atoms with Crippen LogP contribution in [-0.2, 0) is 0 Å². The minimum atomic E-state index is -0.553. The highest BCUT2D eigenvalue weighted by Gasteiger charge is 2.23. The molecule has 2 rings (SSSR count). The van der Waals surface area contributed by atoms with Gasteiger partial charge in [0, 0.05) is 6.07 Å². The van der Waals surface area contributed by atoms with Crippen LogP contribution in [0.15, 0.2) is 17.3 Å². The van der Waals surface area contributed by atoms with Crippen molar-refractivity contribution in [2.45, 2.75) is 5.03 Å². The Morgan fingerprint density at radius 1 is 1.67 bits per heavy atom. The second-order valence-electron chi connectivity index (χ2n) is 2.62. The SMILES string of the molecule is CSc1nc2ccnn2c(Cl)c1[N+](=O)[O-]. The topological polar surface area (TPSA) is 73.3 Å². The average molecular weight is 245 g/mol. The van der Waals surface area contributed by atoms with E-state index < -0.39 is 4.92 Å². The molecule has 2 heterocycles. The summed E-state index contributed by atoms with van der Waals surface area (Å²) < 4.78 is 1.24.